The molecule has 156 valence electrons. The van der Waals surface area contributed by atoms with E-state index < -0.39 is 4.87 Å². The summed E-state index contributed by atoms with van der Waals surface area (Å²) in [6.07, 6.45) is 0. The molecule has 0 saturated heterocycles. The van der Waals surface area contributed by atoms with Crippen molar-refractivity contribution in [2.24, 2.45) is 5.10 Å². The van der Waals surface area contributed by atoms with Gasteiger partial charge >= 0.3 is 0 Å². The van der Waals surface area contributed by atoms with Gasteiger partial charge in [-0.25, -0.2) is 0 Å². The van der Waals surface area contributed by atoms with Crippen LogP contribution in [0.5, 0.6) is 0 Å². The van der Waals surface area contributed by atoms with Crippen LogP contribution in [0.2, 0.25) is 0 Å². The van der Waals surface area contributed by atoms with Gasteiger partial charge in [-0.3, -0.25) is 10.4 Å². The molecule has 1 atom stereocenters. The Labute approximate surface area is 191 Å². The van der Waals surface area contributed by atoms with E-state index in [-0.39, 0.29) is 0 Å². The minimum absolute atomic E-state index is 0.550. The first-order chi connectivity index (χ1) is 15.7. The largest absolute Gasteiger partial charge is 0.322 e. The second kappa shape index (κ2) is 7.24. The first-order valence-electron chi connectivity index (χ1n) is 10.7. The van der Waals surface area contributed by atoms with Crippen molar-refractivity contribution in [1.82, 2.24) is 5.01 Å². The summed E-state index contributed by atoms with van der Waals surface area (Å²) < 4.78 is 0. The number of anilines is 1. The van der Waals surface area contributed by atoms with Gasteiger partial charge in [-0.1, -0.05) is 103 Å². The molecule has 0 aliphatic carbocycles. The third-order valence-electron chi connectivity index (χ3n) is 6.32. The summed E-state index contributed by atoms with van der Waals surface area (Å²) >= 11 is 1.66. The molecule has 1 spiro atoms. The molecule has 0 amide bonds. The second-order valence-corrected chi connectivity index (χ2v) is 9.31. The number of hydrazone groups is 1. The van der Waals surface area contributed by atoms with Crippen LogP contribution in [-0.4, -0.2) is 22.9 Å². The maximum atomic E-state index is 9.37. The number of likely N-dealkylation sites (N-methyl/N-ethyl adjacent to an activating group) is 1. The van der Waals surface area contributed by atoms with Crippen molar-refractivity contribution in [3.63, 3.8) is 0 Å². The van der Waals surface area contributed by atoms with Crippen molar-refractivity contribution in [3.8, 4) is 0 Å². The number of thioether (sulfide) groups is 1. The molecule has 6 rings (SSSR count). The summed E-state index contributed by atoms with van der Waals surface area (Å²) in [7, 11) is 1.98. The number of nitrogens with one attached hydrogen (secondary N) is 1. The molecule has 4 aromatic rings. The summed E-state index contributed by atoms with van der Waals surface area (Å²) in [5.74, 6) is 0.550. The average Bonchev–Trinajstić information content (AvgIpc) is 3.31. The monoisotopic (exact) mass is 434 g/mol. The summed E-state index contributed by atoms with van der Waals surface area (Å²) in [5, 5.41) is 19.6. The predicted molar refractivity (Wildman–Crippen MR) is 134 cm³/mol. The number of amidine groups is 1. The smallest absolute Gasteiger partial charge is 0.193 e. The van der Waals surface area contributed by atoms with Crippen LogP contribution in [-0.2, 0) is 11.4 Å². The maximum absolute atomic E-state index is 9.37. The highest BCUT2D eigenvalue weighted by Gasteiger charge is 2.55. The Morgan fingerprint density at radius 2 is 1.56 bits per heavy atom. The average molecular weight is 435 g/mol. The number of benzene rings is 4. The first-order valence-corrected chi connectivity index (χ1v) is 11.5. The van der Waals surface area contributed by atoms with Gasteiger partial charge in [0.15, 0.2) is 4.87 Å². The fraction of sp³-hybridized carbons (Fsp3) is 0.111. The van der Waals surface area contributed by atoms with Crippen molar-refractivity contribution in [2.75, 3.05) is 11.9 Å². The van der Waals surface area contributed by atoms with E-state index in [1.807, 2.05) is 30.3 Å². The van der Waals surface area contributed by atoms with E-state index >= 15 is 0 Å². The normalized spacial score (nSPS) is 19.7. The highest BCUT2D eigenvalue weighted by atomic mass is 32.2. The minimum atomic E-state index is -0.660. The van der Waals surface area contributed by atoms with E-state index in [0.29, 0.717) is 12.4 Å². The van der Waals surface area contributed by atoms with Crippen LogP contribution in [0.4, 0.5) is 5.69 Å². The van der Waals surface area contributed by atoms with Gasteiger partial charge in [-0.2, -0.15) is 5.10 Å². The van der Waals surface area contributed by atoms with Gasteiger partial charge in [0.05, 0.1) is 0 Å². The Morgan fingerprint density at radius 3 is 2.44 bits per heavy atom. The summed E-state index contributed by atoms with van der Waals surface area (Å²) in [4.78, 5) is 1.48. The SMILES string of the molecule is CN1N=C(c2ccccc2)SC12C(=N)N(Cc1cccc3ccccc13)c1ccccc12. The van der Waals surface area contributed by atoms with Crippen molar-refractivity contribution in [3.05, 3.63) is 114 Å². The lowest BCUT2D eigenvalue weighted by molar-refractivity contribution is 0.299. The van der Waals surface area contributed by atoms with Crippen LogP contribution in [0, 0.1) is 5.41 Å². The van der Waals surface area contributed by atoms with Gasteiger partial charge in [0.1, 0.15) is 10.9 Å². The highest BCUT2D eigenvalue weighted by Crippen LogP contribution is 2.55. The van der Waals surface area contributed by atoms with Crippen LogP contribution in [0.25, 0.3) is 10.8 Å². The quantitative estimate of drug-likeness (QED) is 0.428. The Kier molecular flexibility index (Phi) is 4.33. The highest BCUT2D eigenvalue weighted by molar-refractivity contribution is 8.16. The minimum Gasteiger partial charge on any atom is -0.322 e. The number of hydrogen-bond acceptors (Lipinski definition) is 4. The standard InChI is InChI=1S/C27H22N4S/c1-30-27(32-25(29-30)20-11-3-2-4-12-20)23-16-7-8-17-24(23)31(26(27)28)18-21-14-9-13-19-10-5-6-15-22(19)21/h2-17,28H,18H2,1H3. The van der Waals surface area contributed by atoms with Crippen molar-refractivity contribution >= 4 is 39.1 Å². The molecule has 0 bridgehead atoms. The number of hydrogen-bond donors (Lipinski definition) is 1. The third-order valence-corrected chi connectivity index (χ3v) is 7.80. The lowest BCUT2D eigenvalue weighted by atomic mass is 10.0. The van der Waals surface area contributed by atoms with Crippen LogP contribution in [0.3, 0.4) is 0 Å². The number of para-hydroxylation sites is 1. The zero-order valence-electron chi connectivity index (χ0n) is 17.7. The Hall–Kier alpha value is -3.57. The van der Waals surface area contributed by atoms with Crippen LogP contribution in [0.1, 0.15) is 16.7 Å². The first kappa shape index (κ1) is 19.1. The van der Waals surface area contributed by atoms with E-state index in [2.05, 4.69) is 83.8 Å². The zero-order chi connectivity index (χ0) is 21.7. The lowest BCUT2D eigenvalue weighted by Crippen LogP contribution is -2.44. The molecule has 32 heavy (non-hydrogen) atoms. The molecule has 4 aromatic carbocycles. The Balaban J connectivity index is 1.43. The lowest BCUT2D eigenvalue weighted by Gasteiger charge is -2.31. The molecule has 2 aliphatic rings. The molecule has 2 aliphatic heterocycles. The van der Waals surface area contributed by atoms with Crippen LogP contribution < -0.4 is 4.90 Å². The molecular formula is C27H22N4S. The van der Waals surface area contributed by atoms with Crippen LogP contribution in [0.15, 0.2) is 102 Å². The summed E-state index contributed by atoms with van der Waals surface area (Å²) in [6.45, 7) is 0.647. The van der Waals surface area contributed by atoms with Gasteiger partial charge in [-0.05, 0) is 22.4 Å². The number of rotatable bonds is 3. The molecular weight excluding hydrogens is 412 g/mol. The van der Waals surface area contributed by atoms with Crippen molar-refractivity contribution in [1.29, 1.82) is 5.41 Å². The molecule has 2 heterocycles. The van der Waals surface area contributed by atoms with E-state index in [9.17, 15) is 5.41 Å². The molecule has 0 radical (unpaired) electrons. The third kappa shape index (κ3) is 2.71. The van der Waals surface area contributed by atoms with Gasteiger partial charge in [0.2, 0.25) is 0 Å². The maximum Gasteiger partial charge on any atom is 0.193 e. The van der Waals surface area contributed by atoms with Gasteiger partial charge in [0.25, 0.3) is 0 Å². The van der Waals surface area contributed by atoms with E-state index in [1.54, 1.807) is 11.8 Å². The zero-order valence-corrected chi connectivity index (χ0v) is 18.5. The topological polar surface area (TPSA) is 42.7 Å². The molecule has 4 nitrogen and oxygen atoms in total. The van der Waals surface area contributed by atoms with Crippen LogP contribution >= 0.6 is 11.8 Å². The molecule has 1 N–H and O–H groups in total. The number of nitrogens with zero attached hydrogens (tertiary/aromatic N) is 3. The molecule has 0 saturated carbocycles. The molecule has 0 fully saturated rings. The Morgan fingerprint density at radius 1 is 0.844 bits per heavy atom. The molecule has 1 unspecified atom stereocenters. The fourth-order valence-electron chi connectivity index (χ4n) is 4.75. The summed E-state index contributed by atoms with van der Waals surface area (Å²) in [5.41, 5.74) is 4.50. The van der Waals surface area contributed by atoms with E-state index in [0.717, 1.165) is 21.9 Å². The second-order valence-electron chi connectivity index (χ2n) is 8.13. The van der Waals surface area contributed by atoms with Crippen molar-refractivity contribution < 1.29 is 0 Å². The predicted octanol–water partition coefficient (Wildman–Crippen LogP) is 6.03. The molecule has 0 aromatic heterocycles. The number of fused-ring (bicyclic) bond motifs is 3. The summed E-state index contributed by atoms with van der Waals surface area (Å²) in [6, 6.07) is 33.5. The van der Waals surface area contributed by atoms with Crippen molar-refractivity contribution in [2.45, 2.75) is 11.4 Å². The Bertz CT molecular complexity index is 1380. The van der Waals surface area contributed by atoms with Gasteiger partial charge < -0.3 is 4.90 Å². The molecule has 5 heteroatoms. The van der Waals surface area contributed by atoms with E-state index in [4.69, 9.17) is 5.10 Å². The van der Waals surface area contributed by atoms with E-state index in [1.165, 1.54) is 16.3 Å². The van der Waals surface area contributed by atoms with Gasteiger partial charge in [0, 0.05) is 30.4 Å². The van der Waals surface area contributed by atoms with Gasteiger partial charge in [-0.15, -0.1) is 0 Å². The fourth-order valence-corrected chi connectivity index (χ4v) is 6.11.